The summed E-state index contributed by atoms with van der Waals surface area (Å²) in [5.41, 5.74) is 3.32. The first-order valence-electron chi connectivity index (χ1n) is 8.74. The van der Waals surface area contributed by atoms with Gasteiger partial charge in [-0.05, 0) is 39.4 Å². The van der Waals surface area contributed by atoms with Crippen molar-refractivity contribution in [1.29, 1.82) is 0 Å². The highest BCUT2D eigenvalue weighted by Crippen LogP contribution is 2.36. The number of benzene rings is 4. The molecule has 0 saturated carbocycles. The highest BCUT2D eigenvalue weighted by molar-refractivity contribution is 6.22. The standard InChI is InChI=1S/C24H17NO/c1-25-22-15-21(16-9-3-2-4-10-16)17-11-5-6-12-18(17)23(22)19-13-7-8-14-20(19)24(25)26/h2-15H,1H3. The van der Waals surface area contributed by atoms with Crippen LogP contribution in [0.5, 0.6) is 0 Å². The molecule has 0 fully saturated rings. The summed E-state index contributed by atoms with van der Waals surface area (Å²) >= 11 is 0. The number of nitrogens with zero attached hydrogens (tertiary/aromatic N) is 1. The van der Waals surface area contributed by atoms with E-state index in [1.165, 1.54) is 10.8 Å². The molecule has 0 saturated heterocycles. The van der Waals surface area contributed by atoms with E-state index in [2.05, 4.69) is 42.5 Å². The first kappa shape index (κ1) is 14.9. The third-order valence-corrected chi connectivity index (χ3v) is 5.20. The molecular weight excluding hydrogens is 318 g/mol. The fourth-order valence-electron chi connectivity index (χ4n) is 3.94. The summed E-state index contributed by atoms with van der Waals surface area (Å²) in [6.45, 7) is 0. The van der Waals surface area contributed by atoms with Crippen LogP contribution >= 0.6 is 0 Å². The van der Waals surface area contributed by atoms with Crippen LogP contribution in [0.1, 0.15) is 0 Å². The van der Waals surface area contributed by atoms with Gasteiger partial charge in [-0.25, -0.2) is 0 Å². The molecule has 0 amide bonds. The average molecular weight is 335 g/mol. The fraction of sp³-hybridized carbons (Fsp3) is 0.0417. The van der Waals surface area contributed by atoms with Gasteiger partial charge in [0.1, 0.15) is 0 Å². The van der Waals surface area contributed by atoms with E-state index in [0.717, 1.165) is 32.8 Å². The molecule has 1 heterocycles. The number of fused-ring (bicyclic) bond motifs is 5. The summed E-state index contributed by atoms with van der Waals surface area (Å²) in [4.78, 5) is 12.9. The van der Waals surface area contributed by atoms with Gasteiger partial charge < -0.3 is 4.57 Å². The summed E-state index contributed by atoms with van der Waals surface area (Å²) < 4.78 is 1.77. The average Bonchev–Trinajstić information content (AvgIpc) is 2.71. The van der Waals surface area contributed by atoms with Crippen LogP contribution in [0.2, 0.25) is 0 Å². The number of aromatic nitrogens is 1. The Bertz CT molecular complexity index is 1350. The number of hydrogen-bond acceptors (Lipinski definition) is 1. The van der Waals surface area contributed by atoms with E-state index >= 15 is 0 Å². The molecule has 124 valence electrons. The molecule has 5 rings (SSSR count). The first-order chi connectivity index (χ1) is 12.8. The smallest absolute Gasteiger partial charge is 0.258 e. The molecule has 26 heavy (non-hydrogen) atoms. The minimum Gasteiger partial charge on any atom is -0.311 e. The van der Waals surface area contributed by atoms with Crippen LogP contribution in [0, 0.1) is 0 Å². The maximum absolute atomic E-state index is 12.9. The molecule has 0 unspecified atom stereocenters. The topological polar surface area (TPSA) is 22.0 Å². The van der Waals surface area contributed by atoms with Crippen molar-refractivity contribution in [2.45, 2.75) is 0 Å². The summed E-state index contributed by atoms with van der Waals surface area (Å²) in [5.74, 6) is 0. The van der Waals surface area contributed by atoms with Gasteiger partial charge in [-0.1, -0.05) is 72.8 Å². The monoisotopic (exact) mass is 335 g/mol. The lowest BCUT2D eigenvalue weighted by molar-refractivity contribution is 0.919. The molecule has 5 aromatic rings. The molecule has 2 nitrogen and oxygen atoms in total. The minimum atomic E-state index is 0.0439. The van der Waals surface area contributed by atoms with E-state index in [4.69, 9.17) is 0 Å². The van der Waals surface area contributed by atoms with Crippen LogP contribution < -0.4 is 5.56 Å². The summed E-state index contributed by atoms with van der Waals surface area (Å²) in [6.07, 6.45) is 0. The highest BCUT2D eigenvalue weighted by atomic mass is 16.1. The Morgan fingerprint density at radius 2 is 1.19 bits per heavy atom. The third kappa shape index (κ3) is 2.02. The Morgan fingerprint density at radius 3 is 1.88 bits per heavy atom. The fourth-order valence-corrected chi connectivity index (χ4v) is 3.94. The zero-order valence-electron chi connectivity index (χ0n) is 14.4. The van der Waals surface area contributed by atoms with Crippen molar-refractivity contribution >= 4 is 32.4 Å². The molecule has 4 aromatic carbocycles. The second-order valence-corrected chi connectivity index (χ2v) is 6.64. The van der Waals surface area contributed by atoms with Gasteiger partial charge >= 0.3 is 0 Å². The van der Waals surface area contributed by atoms with Gasteiger partial charge in [0.15, 0.2) is 0 Å². The Morgan fingerprint density at radius 1 is 0.654 bits per heavy atom. The molecule has 0 aliphatic heterocycles. The van der Waals surface area contributed by atoms with Gasteiger partial charge in [0.2, 0.25) is 0 Å². The maximum Gasteiger partial charge on any atom is 0.258 e. The van der Waals surface area contributed by atoms with Gasteiger partial charge in [-0.15, -0.1) is 0 Å². The van der Waals surface area contributed by atoms with Crippen LogP contribution in [-0.2, 0) is 7.05 Å². The number of aryl methyl sites for hydroxylation is 1. The Labute approximate surface area is 150 Å². The van der Waals surface area contributed by atoms with Crippen molar-refractivity contribution in [3.05, 3.63) is 95.3 Å². The van der Waals surface area contributed by atoms with Crippen molar-refractivity contribution in [2.24, 2.45) is 7.05 Å². The van der Waals surface area contributed by atoms with Gasteiger partial charge in [0.05, 0.1) is 5.52 Å². The Kier molecular flexibility index (Phi) is 3.19. The van der Waals surface area contributed by atoms with E-state index in [1.807, 2.05) is 49.5 Å². The number of rotatable bonds is 1. The number of hydrogen-bond donors (Lipinski definition) is 0. The van der Waals surface area contributed by atoms with Crippen LogP contribution in [0.15, 0.2) is 89.7 Å². The summed E-state index contributed by atoms with van der Waals surface area (Å²) in [7, 11) is 1.86. The second kappa shape index (κ2) is 5.57. The highest BCUT2D eigenvalue weighted by Gasteiger charge is 2.14. The normalized spacial score (nSPS) is 11.4. The van der Waals surface area contributed by atoms with Crippen LogP contribution in [0.25, 0.3) is 43.6 Å². The molecule has 1 aromatic heterocycles. The van der Waals surface area contributed by atoms with Crippen molar-refractivity contribution in [3.8, 4) is 11.1 Å². The van der Waals surface area contributed by atoms with E-state index < -0.39 is 0 Å². The Hall–Kier alpha value is -3.39. The lowest BCUT2D eigenvalue weighted by Gasteiger charge is -2.15. The molecule has 0 spiro atoms. The molecular formula is C24H17NO. The second-order valence-electron chi connectivity index (χ2n) is 6.64. The van der Waals surface area contributed by atoms with Crippen molar-refractivity contribution in [2.75, 3.05) is 0 Å². The molecule has 0 aliphatic rings. The third-order valence-electron chi connectivity index (χ3n) is 5.20. The van der Waals surface area contributed by atoms with Crippen LogP contribution in [0.4, 0.5) is 0 Å². The largest absolute Gasteiger partial charge is 0.311 e. The summed E-state index contributed by atoms with van der Waals surface area (Å²) in [6, 6.07) is 28.9. The predicted octanol–water partition coefficient (Wildman–Crippen LogP) is 5.51. The SMILES string of the molecule is Cn1c(=O)c2ccccc2c2c3ccccc3c(-c3ccccc3)cc21. The van der Waals surface area contributed by atoms with Crippen LogP contribution in [-0.4, -0.2) is 4.57 Å². The lowest BCUT2D eigenvalue weighted by atomic mass is 9.93. The van der Waals surface area contributed by atoms with Crippen molar-refractivity contribution in [1.82, 2.24) is 4.57 Å². The van der Waals surface area contributed by atoms with E-state index in [-0.39, 0.29) is 5.56 Å². The molecule has 0 atom stereocenters. The van der Waals surface area contributed by atoms with Crippen molar-refractivity contribution in [3.63, 3.8) is 0 Å². The first-order valence-corrected chi connectivity index (χ1v) is 8.74. The predicted molar refractivity (Wildman–Crippen MR) is 110 cm³/mol. The van der Waals surface area contributed by atoms with Crippen molar-refractivity contribution < 1.29 is 0 Å². The van der Waals surface area contributed by atoms with Gasteiger partial charge in [0.25, 0.3) is 5.56 Å². The van der Waals surface area contributed by atoms with E-state index in [9.17, 15) is 4.79 Å². The number of pyridine rings is 1. The van der Waals surface area contributed by atoms with E-state index in [1.54, 1.807) is 4.57 Å². The molecule has 0 N–H and O–H groups in total. The minimum absolute atomic E-state index is 0.0439. The Balaban J connectivity index is 2.10. The molecule has 0 bridgehead atoms. The van der Waals surface area contributed by atoms with Crippen LogP contribution in [0.3, 0.4) is 0 Å². The van der Waals surface area contributed by atoms with E-state index in [0.29, 0.717) is 0 Å². The quantitative estimate of drug-likeness (QED) is 0.370. The molecule has 0 radical (unpaired) electrons. The zero-order chi connectivity index (χ0) is 17.7. The zero-order valence-corrected chi connectivity index (χ0v) is 14.4. The lowest BCUT2D eigenvalue weighted by Crippen LogP contribution is -2.17. The van der Waals surface area contributed by atoms with Gasteiger partial charge in [-0.3, -0.25) is 4.79 Å². The van der Waals surface area contributed by atoms with Gasteiger partial charge in [-0.2, -0.15) is 0 Å². The van der Waals surface area contributed by atoms with Gasteiger partial charge in [0, 0.05) is 17.8 Å². The maximum atomic E-state index is 12.9. The molecule has 2 heteroatoms. The summed E-state index contributed by atoms with van der Waals surface area (Å²) in [5, 5.41) is 5.30. The molecule has 0 aliphatic carbocycles.